The number of halogens is 3. The van der Waals surface area contributed by atoms with E-state index in [0.29, 0.717) is 6.42 Å². The second-order valence-corrected chi connectivity index (χ2v) is 6.18. The van der Waals surface area contributed by atoms with Gasteiger partial charge in [-0.15, -0.1) is 0 Å². The van der Waals surface area contributed by atoms with Crippen LogP contribution in [0.1, 0.15) is 19.8 Å². The van der Waals surface area contributed by atoms with Crippen LogP contribution in [0.3, 0.4) is 0 Å². The van der Waals surface area contributed by atoms with Gasteiger partial charge in [0.05, 0.1) is 5.75 Å². The summed E-state index contributed by atoms with van der Waals surface area (Å²) < 4.78 is 23.7. The molecule has 0 atom stereocenters. The number of hydrogen-bond donors (Lipinski definition) is 0. The third-order valence-electron chi connectivity index (χ3n) is 1.83. The van der Waals surface area contributed by atoms with Crippen molar-refractivity contribution < 1.29 is 8.42 Å². The van der Waals surface area contributed by atoms with E-state index in [9.17, 15) is 8.42 Å². The van der Waals surface area contributed by atoms with Gasteiger partial charge in [0, 0.05) is 0 Å². The fourth-order valence-corrected chi connectivity index (χ4v) is 3.89. The Morgan fingerprint density at radius 3 is 2.06 bits per heavy atom. The maximum atomic E-state index is 11.9. The molecule has 0 fully saturated rings. The molecule has 0 aliphatic rings. The molecule has 1 rings (SSSR count). The molecule has 0 N–H and O–H groups in total. The Kier molecular flexibility index (Phi) is 4.79. The Labute approximate surface area is 109 Å². The van der Waals surface area contributed by atoms with Crippen molar-refractivity contribution in [2.45, 2.75) is 24.7 Å². The van der Waals surface area contributed by atoms with Gasteiger partial charge < -0.3 is 0 Å². The number of sulfone groups is 1. The lowest BCUT2D eigenvalue weighted by Gasteiger charge is -2.06. The van der Waals surface area contributed by atoms with Crippen LogP contribution in [0.15, 0.2) is 4.90 Å². The van der Waals surface area contributed by atoms with Crippen LogP contribution < -0.4 is 0 Å². The second kappa shape index (κ2) is 5.49. The zero-order valence-corrected chi connectivity index (χ0v) is 11.5. The van der Waals surface area contributed by atoms with Crippen molar-refractivity contribution in [1.82, 2.24) is 9.97 Å². The van der Waals surface area contributed by atoms with Crippen molar-refractivity contribution in [2.75, 3.05) is 5.75 Å². The topological polar surface area (TPSA) is 59.9 Å². The summed E-state index contributed by atoms with van der Waals surface area (Å²) in [6.07, 6.45) is 1.28. The molecule has 1 aromatic heterocycles. The van der Waals surface area contributed by atoms with Gasteiger partial charge in [-0.25, -0.2) is 18.4 Å². The summed E-state index contributed by atoms with van der Waals surface area (Å²) in [5.41, 5.74) is 0. The second-order valence-electron chi connectivity index (χ2n) is 3.08. The van der Waals surface area contributed by atoms with Gasteiger partial charge in [-0.05, 0) is 18.0 Å². The molecule has 16 heavy (non-hydrogen) atoms. The Hall–Kier alpha value is -0.100. The van der Waals surface area contributed by atoms with Crippen LogP contribution in [0.25, 0.3) is 0 Å². The highest BCUT2D eigenvalue weighted by atomic mass is 35.5. The average molecular weight is 304 g/mol. The van der Waals surface area contributed by atoms with Crippen molar-refractivity contribution in [3.05, 3.63) is 15.6 Å². The lowest BCUT2D eigenvalue weighted by atomic mass is 10.4. The molecule has 90 valence electrons. The lowest BCUT2D eigenvalue weighted by molar-refractivity contribution is 0.592. The van der Waals surface area contributed by atoms with E-state index < -0.39 is 9.84 Å². The fraction of sp³-hybridized carbons (Fsp3) is 0.500. The molecule has 0 radical (unpaired) electrons. The van der Waals surface area contributed by atoms with E-state index >= 15 is 0 Å². The van der Waals surface area contributed by atoms with Crippen molar-refractivity contribution in [1.29, 1.82) is 0 Å². The molecule has 0 bridgehead atoms. The van der Waals surface area contributed by atoms with Gasteiger partial charge in [-0.1, -0.05) is 36.5 Å². The first-order chi connectivity index (χ1) is 7.38. The molecule has 1 aromatic rings. The summed E-state index contributed by atoms with van der Waals surface area (Å²) in [7, 11) is -3.55. The van der Waals surface area contributed by atoms with Crippen LogP contribution in [0.2, 0.25) is 15.6 Å². The first kappa shape index (κ1) is 14.0. The molecule has 0 amide bonds. The van der Waals surface area contributed by atoms with E-state index in [-0.39, 0.29) is 26.2 Å². The monoisotopic (exact) mass is 302 g/mol. The summed E-state index contributed by atoms with van der Waals surface area (Å²) in [6.45, 7) is 1.89. The molecule has 0 aliphatic heterocycles. The van der Waals surface area contributed by atoms with Crippen LogP contribution in [0.4, 0.5) is 0 Å². The highest BCUT2D eigenvalue weighted by Gasteiger charge is 2.24. The molecule has 0 unspecified atom stereocenters. The summed E-state index contributed by atoms with van der Waals surface area (Å²) in [4.78, 5) is 6.89. The van der Waals surface area contributed by atoms with Crippen molar-refractivity contribution in [3.8, 4) is 0 Å². The molecule has 1 heterocycles. The summed E-state index contributed by atoms with van der Waals surface area (Å²) in [6, 6.07) is 0. The van der Waals surface area contributed by atoms with Crippen LogP contribution in [-0.2, 0) is 9.84 Å². The quantitative estimate of drug-likeness (QED) is 0.633. The van der Waals surface area contributed by atoms with E-state index in [2.05, 4.69) is 9.97 Å². The predicted octanol–water partition coefficient (Wildman–Crippen LogP) is 3.01. The van der Waals surface area contributed by atoms with Gasteiger partial charge in [-0.2, -0.15) is 0 Å². The molecular formula is C8H9Cl3N2O2S. The molecule has 4 nitrogen and oxygen atoms in total. The van der Waals surface area contributed by atoms with E-state index in [1.54, 1.807) is 0 Å². The van der Waals surface area contributed by atoms with E-state index in [4.69, 9.17) is 34.8 Å². The molecule has 8 heteroatoms. The van der Waals surface area contributed by atoms with Crippen LogP contribution in [0, 0.1) is 0 Å². The van der Waals surface area contributed by atoms with E-state index in [1.807, 2.05) is 6.92 Å². The Morgan fingerprint density at radius 2 is 1.62 bits per heavy atom. The zero-order chi connectivity index (χ0) is 12.3. The third kappa shape index (κ3) is 3.20. The van der Waals surface area contributed by atoms with Crippen molar-refractivity contribution in [3.63, 3.8) is 0 Å². The standard InChI is InChI=1S/C8H9Cl3N2O2S/c1-2-3-4-16(14,15)5-6(9)12-8(11)13-7(5)10/h2-4H2,1H3. The molecule has 0 spiro atoms. The molecule has 0 aliphatic carbocycles. The number of nitrogens with zero attached hydrogens (tertiary/aromatic N) is 2. The first-order valence-electron chi connectivity index (χ1n) is 4.49. The SMILES string of the molecule is CCCCS(=O)(=O)c1c(Cl)nc(Cl)nc1Cl. The predicted molar refractivity (Wildman–Crippen MR) is 64.0 cm³/mol. The van der Waals surface area contributed by atoms with Gasteiger partial charge in [0.1, 0.15) is 4.90 Å². The third-order valence-corrected chi connectivity index (χ3v) is 4.61. The van der Waals surface area contributed by atoms with Gasteiger partial charge in [-0.3, -0.25) is 0 Å². The Balaban J connectivity index is 3.23. The molecule has 0 saturated carbocycles. The van der Waals surface area contributed by atoms with Gasteiger partial charge >= 0.3 is 0 Å². The summed E-state index contributed by atoms with van der Waals surface area (Å²) in [5.74, 6) is -0.0338. The largest absolute Gasteiger partial charge is 0.225 e. The van der Waals surface area contributed by atoms with E-state index in [1.165, 1.54) is 0 Å². The van der Waals surface area contributed by atoms with Crippen molar-refractivity contribution in [2.24, 2.45) is 0 Å². The molecule has 0 saturated heterocycles. The molecular weight excluding hydrogens is 295 g/mol. The van der Waals surface area contributed by atoms with E-state index in [0.717, 1.165) is 6.42 Å². The Bertz CT molecular complexity index is 467. The average Bonchev–Trinajstić information content (AvgIpc) is 2.12. The highest BCUT2D eigenvalue weighted by Crippen LogP contribution is 2.28. The first-order valence-corrected chi connectivity index (χ1v) is 7.28. The molecule has 0 aromatic carbocycles. The van der Waals surface area contributed by atoms with Gasteiger partial charge in [0.15, 0.2) is 20.1 Å². The van der Waals surface area contributed by atoms with Gasteiger partial charge in [0.25, 0.3) is 0 Å². The van der Waals surface area contributed by atoms with Crippen LogP contribution in [0.5, 0.6) is 0 Å². The maximum absolute atomic E-state index is 11.9. The van der Waals surface area contributed by atoms with Crippen molar-refractivity contribution >= 4 is 44.6 Å². The van der Waals surface area contributed by atoms with Crippen LogP contribution >= 0.6 is 34.8 Å². The minimum Gasteiger partial charge on any atom is -0.223 e. The Morgan fingerprint density at radius 1 is 1.12 bits per heavy atom. The zero-order valence-electron chi connectivity index (χ0n) is 8.37. The minimum absolute atomic E-state index is 0.0338. The van der Waals surface area contributed by atoms with Gasteiger partial charge in [0.2, 0.25) is 5.28 Å². The maximum Gasteiger partial charge on any atom is 0.225 e. The van der Waals surface area contributed by atoms with Crippen LogP contribution in [-0.4, -0.2) is 24.1 Å². The lowest BCUT2D eigenvalue weighted by Crippen LogP contribution is -2.10. The summed E-state index contributed by atoms with van der Waals surface area (Å²) in [5, 5.41) is -0.647. The number of unbranched alkanes of at least 4 members (excludes halogenated alkanes) is 1. The normalized spacial score (nSPS) is 11.8. The minimum atomic E-state index is -3.55. The smallest absolute Gasteiger partial charge is 0.223 e. The fourth-order valence-electron chi connectivity index (χ4n) is 1.07. The number of rotatable bonds is 4. The summed E-state index contributed by atoms with van der Waals surface area (Å²) >= 11 is 16.9. The number of aromatic nitrogens is 2. The highest BCUT2D eigenvalue weighted by molar-refractivity contribution is 7.91. The number of hydrogen-bond acceptors (Lipinski definition) is 4.